The van der Waals surface area contributed by atoms with Gasteiger partial charge in [-0.1, -0.05) is 30.3 Å². The van der Waals surface area contributed by atoms with E-state index in [2.05, 4.69) is 10.0 Å². The Kier molecular flexibility index (Phi) is 5.84. The van der Waals surface area contributed by atoms with Crippen LogP contribution < -0.4 is 10.0 Å². The molecular formula is C21H17F3N2O3S. The van der Waals surface area contributed by atoms with Gasteiger partial charge in [0.05, 0.1) is 16.1 Å². The predicted molar refractivity (Wildman–Crippen MR) is 108 cm³/mol. The van der Waals surface area contributed by atoms with E-state index in [0.717, 1.165) is 12.1 Å². The zero-order chi connectivity index (χ0) is 21.9. The van der Waals surface area contributed by atoms with Crippen molar-refractivity contribution in [1.82, 2.24) is 0 Å². The quantitative estimate of drug-likeness (QED) is 0.589. The van der Waals surface area contributed by atoms with E-state index in [1.807, 2.05) is 0 Å². The SMILES string of the molecule is Cc1c(NS(=O)(=O)c2ccccc2)cccc1C(=O)Nc1cccc(C(F)(F)F)c1. The fraction of sp³-hybridized carbons (Fsp3) is 0.0952. The molecule has 2 N–H and O–H groups in total. The lowest BCUT2D eigenvalue weighted by atomic mass is 10.1. The molecule has 0 spiro atoms. The molecule has 3 rings (SSSR count). The van der Waals surface area contributed by atoms with Crippen LogP contribution in [0.15, 0.2) is 77.7 Å². The second-order valence-corrected chi connectivity index (χ2v) is 8.11. The standard InChI is InChI=1S/C21H17F3N2O3S/c1-14-18(20(27)25-16-8-5-7-15(13-16)21(22,23)24)11-6-12-19(14)26-30(28,29)17-9-3-2-4-10-17/h2-13,26H,1H3,(H,25,27). The number of hydrogen-bond donors (Lipinski definition) is 2. The Labute approximate surface area is 171 Å². The van der Waals surface area contributed by atoms with E-state index in [1.54, 1.807) is 25.1 Å². The monoisotopic (exact) mass is 434 g/mol. The molecule has 0 fully saturated rings. The molecule has 3 aromatic rings. The molecule has 0 aliphatic carbocycles. The lowest BCUT2D eigenvalue weighted by molar-refractivity contribution is -0.137. The van der Waals surface area contributed by atoms with Gasteiger partial charge < -0.3 is 5.32 Å². The van der Waals surface area contributed by atoms with Crippen LogP contribution in [-0.4, -0.2) is 14.3 Å². The molecule has 9 heteroatoms. The topological polar surface area (TPSA) is 75.3 Å². The molecular weight excluding hydrogens is 417 g/mol. The molecule has 0 aliphatic heterocycles. The maximum absolute atomic E-state index is 12.9. The van der Waals surface area contributed by atoms with Gasteiger partial charge in [0, 0.05) is 11.3 Å². The van der Waals surface area contributed by atoms with E-state index < -0.39 is 27.7 Å². The number of rotatable bonds is 5. The van der Waals surface area contributed by atoms with Crippen LogP contribution in [0.4, 0.5) is 24.5 Å². The van der Waals surface area contributed by atoms with E-state index in [4.69, 9.17) is 0 Å². The molecule has 0 heterocycles. The highest BCUT2D eigenvalue weighted by Crippen LogP contribution is 2.31. The number of nitrogens with one attached hydrogen (secondary N) is 2. The molecule has 0 atom stereocenters. The van der Waals surface area contributed by atoms with Crippen molar-refractivity contribution in [2.45, 2.75) is 18.0 Å². The van der Waals surface area contributed by atoms with Crippen LogP contribution in [0, 0.1) is 6.92 Å². The number of carbonyl (C=O) groups is 1. The third-order valence-corrected chi connectivity index (χ3v) is 5.71. The van der Waals surface area contributed by atoms with Gasteiger partial charge in [-0.05, 0) is 55.0 Å². The average molecular weight is 434 g/mol. The smallest absolute Gasteiger partial charge is 0.322 e. The first-order valence-corrected chi connectivity index (χ1v) is 10.2. The first kappa shape index (κ1) is 21.4. The van der Waals surface area contributed by atoms with Gasteiger partial charge >= 0.3 is 6.18 Å². The highest BCUT2D eigenvalue weighted by molar-refractivity contribution is 7.92. The number of amides is 1. The van der Waals surface area contributed by atoms with Gasteiger partial charge in [-0.25, -0.2) is 8.42 Å². The minimum atomic E-state index is -4.54. The van der Waals surface area contributed by atoms with Gasteiger partial charge in [0.25, 0.3) is 15.9 Å². The molecule has 1 amide bonds. The third kappa shape index (κ3) is 4.80. The Bertz CT molecular complexity index is 1180. The summed E-state index contributed by atoms with van der Waals surface area (Å²) in [6, 6.07) is 16.4. The van der Waals surface area contributed by atoms with E-state index >= 15 is 0 Å². The van der Waals surface area contributed by atoms with Gasteiger partial charge in [-0.3, -0.25) is 9.52 Å². The fourth-order valence-corrected chi connectivity index (χ4v) is 3.91. The highest BCUT2D eigenvalue weighted by Gasteiger charge is 2.30. The second-order valence-electron chi connectivity index (χ2n) is 6.43. The van der Waals surface area contributed by atoms with Gasteiger partial charge in [0.2, 0.25) is 0 Å². The van der Waals surface area contributed by atoms with Crippen molar-refractivity contribution in [2.24, 2.45) is 0 Å². The largest absolute Gasteiger partial charge is 0.416 e. The van der Waals surface area contributed by atoms with Crippen molar-refractivity contribution in [3.8, 4) is 0 Å². The fourth-order valence-electron chi connectivity index (χ4n) is 2.77. The number of anilines is 2. The molecule has 156 valence electrons. The van der Waals surface area contributed by atoms with Crippen LogP contribution in [0.2, 0.25) is 0 Å². The van der Waals surface area contributed by atoms with Gasteiger partial charge in [-0.2, -0.15) is 13.2 Å². The summed E-state index contributed by atoms with van der Waals surface area (Å²) in [4.78, 5) is 12.7. The number of benzene rings is 3. The molecule has 0 saturated carbocycles. The molecule has 0 aliphatic rings. The maximum atomic E-state index is 12.9. The Morgan fingerprint density at radius 2 is 1.57 bits per heavy atom. The van der Waals surface area contributed by atoms with E-state index in [9.17, 15) is 26.4 Å². The number of halogens is 3. The third-order valence-electron chi connectivity index (χ3n) is 4.32. The zero-order valence-electron chi connectivity index (χ0n) is 15.7. The summed E-state index contributed by atoms with van der Waals surface area (Å²) < 4.78 is 66.1. The van der Waals surface area contributed by atoms with Gasteiger partial charge in [0.1, 0.15) is 0 Å². The second kappa shape index (κ2) is 8.19. The van der Waals surface area contributed by atoms with Crippen LogP contribution in [0.3, 0.4) is 0 Å². The first-order chi connectivity index (χ1) is 14.1. The minimum Gasteiger partial charge on any atom is -0.322 e. The molecule has 0 bridgehead atoms. The van der Waals surface area contributed by atoms with Crippen molar-refractivity contribution >= 4 is 27.3 Å². The van der Waals surface area contributed by atoms with Crippen LogP contribution in [0.5, 0.6) is 0 Å². The van der Waals surface area contributed by atoms with Crippen LogP contribution in [-0.2, 0) is 16.2 Å². The Hall–Kier alpha value is -3.33. The lowest BCUT2D eigenvalue weighted by Crippen LogP contribution is -2.17. The Balaban J connectivity index is 1.85. The van der Waals surface area contributed by atoms with E-state index in [-0.39, 0.29) is 21.8 Å². The van der Waals surface area contributed by atoms with Crippen molar-refractivity contribution in [2.75, 3.05) is 10.0 Å². The molecule has 5 nitrogen and oxygen atoms in total. The number of hydrogen-bond acceptors (Lipinski definition) is 3. The van der Waals surface area contributed by atoms with E-state index in [1.165, 1.54) is 42.5 Å². The zero-order valence-corrected chi connectivity index (χ0v) is 16.5. The maximum Gasteiger partial charge on any atom is 0.416 e. The molecule has 0 saturated heterocycles. The van der Waals surface area contributed by atoms with Gasteiger partial charge in [0.15, 0.2) is 0 Å². The number of carbonyl (C=O) groups excluding carboxylic acids is 1. The summed E-state index contributed by atoms with van der Waals surface area (Å²) in [7, 11) is -3.87. The van der Waals surface area contributed by atoms with Crippen molar-refractivity contribution in [1.29, 1.82) is 0 Å². The van der Waals surface area contributed by atoms with Crippen LogP contribution in [0.1, 0.15) is 21.5 Å². The molecule has 0 radical (unpaired) electrons. The lowest BCUT2D eigenvalue weighted by Gasteiger charge is -2.14. The highest BCUT2D eigenvalue weighted by atomic mass is 32.2. The van der Waals surface area contributed by atoms with Crippen LogP contribution >= 0.6 is 0 Å². The molecule has 0 unspecified atom stereocenters. The minimum absolute atomic E-state index is 0.0236. The summed E-state index contributed by atoms with van der Waals surface area (Å²) in [6.45, 7) is 1.55. The first-order valence-electron chi connectivity index (χ1n) is 8.74. The summed E-state index contributed by atoms with van der Waals surface area (Å²) in [5.74, 6) is -0.660. The van der Waals surface area contributed by atoms with Crippen molar-refractivity contribution < 1.29 is 26.4 Å². The Morgan fingerprint density at radius 1 is 0.900 bits per heavy atom. The molecule has 0 aromatic heterocycles. The summed E-state index contributed by atoms with van der Waals surface area (Å²) in [5.41, 5.74) is -0.261. The summed E-state index contributed by atoms with van der Waals surface area (Å²) in [5, 5.41) is 2.42. The molecule has 3 aromatic carbocycles. The molecule has 30 heavy (non-hydrogen) atoms. The van der Waals surface area contributed by atoms with E-state index in [0.29, 0.717) is 5.56 Å². The average Bonchev–Trinajstić information content (AvgIpc) is 2.69. The van der Waals surface area contributed by atoms with Crippen molar-refractivity contribution in [3.63, 3.8) is 0 Å². The Morgan fingerprint density at radius 3 is 2.23 bits per heavy atom. The number of alkyl halides is 3. The van der Waals surface area contributed by atoms with Crippen LogP contribution in [0.25, 0.3) is 0 Å². The van der Waals surface area contributed by atoms with Crippen molar-refractivity contribution in [3.05, 3.63) is 89.5 Å². The summed E-state index contributed by atoms with van der Waals surface area (Å²) in [6.07, 6.45) is -4.54. The number of sulfonamides is 1. The predicted octanol–water partition coefficient (Wildman–Crippen LogP) is 5.07. The normalized spacial score (nSPS) is 11.7. The van der Waals surface area contributed by atoms with Gasteiger partial charge in [-0.15, -0.1) is 0 Å². The summed E-state index contributed by atoms with van der Waals surface area (Å²) >= 11 is 0.